The van der Waals surface area contributed by atoms with Gasteiger partial charge in [0.2, 0.25) is 5.88 Å². The van der Waals surface area contributed by atoms with Gasteiger partial charge in [0.15, 0.2) is 0 Å². The number of fused-ring (bicyclic) bond motifs is 1. The van der Waals surface area contributed by atoms with Crippen molar-refractivity contribution in [3.05, 3.63) is 18.6 Å². The third kappa shape index (κ3) is 1.95. The van der Waals surface area contributed by atoms with E-state index in [0.717, 1.165) is 5.39 Å². The largest absolute Gasteiger partial charge is 0.480 e. The standard InChI is InChI=1S/C12H15N3O4/c1-18-12-7-2-3-15(11(7)13-6-14-12)10-4-8(17)9(5-16)19-10/h2-3,6,8-10,16-17H,4-5H2,1H3/t8-,9+,10+/m0/s1. The summed E-state index contributed by atoms with van der Waals surface area (Å²) in [5, 5.41) is 19.7. The lowest BCUT2D eigenvalue weighted by Gasteiger charge is -2.14. The van der Waals surface area contributed by atoms with Crippen LogP contribution in [0.4, 0.5) is 0 Å². The van der Waals surface area contributed by atoms with Gasteiger partial charge in [-0.1, -0.05) is 0 Å². The monoisotopic (exact) mass is 265 g/mol. The van der Waals surface area contributed by atoms with Crippen LogP contribution in [0.5, 0.6) is 5.88 Å². The first-order valence-electron chi connectivity index (χ1n) is 6.04. The molecule has 1 aliphatic rings. The van der Waals surface area contributed by atoms with E-state index >= 15 is 0 Å². The van der Waals surface area contributed by atoms with Crippen LogP contribution in [0.2, 0.25) is 0 Å². The van der Waals surface area contributed by atoms with Crippen molar-refractivity contribution in [2.24, 2.45) is 0 Å². The molecule has 0 saturated carbocycles. The summed E-state index contributed by atoms with van der Waals surface area (Å²) in [6.07, 6.45) is 2.10. The number of aliphatic hydroxyl groups is 2. The SMILES string of the molecule is COc1ncnc2c1ccn2[C@H]1C[C@H](O)[C@@H](CO)O1. The fourth-order valence-corrected chi connectivity index (χ4v) is 2.39. The van der Waals surface area contributed by atoms with E-state index in [-0.39, 0.29) is 12.8 Å². The van der Waals surface area contributed by atoms with Crippen molar-refractivity contribution >= 4 is 11.0 Å². The predicted octanol–water partition coefficient (Wildman–Crippen LogP) is 0.0806. The van der Waals surface area contributed by atoms with Gasteiger partial charge in [0.05, 0.1) is 25.2 Å². The second-order valence-electron chi connectivity index (χ2n) is 4.46. The van der Waals surface area contributed by atoms with Crippen LogP contribution in [-0.2, 0) is 4.74 Å². The molecule has 0 bridgehead atoms. The van der Waals surface area contributed by atoms with E-state index in [1.807, 2.05) is 16.8 Å². The first-order valence-corrected chi connectivity index (χ1v) is 6.04. The van der Waals surface area contributed by atoms with Crippen LogP contribution in [0.15, 0.2) is 18.6 Å². The highest BCUT2D eigenvalue weighted by Gasteiger charge is 2.35. The zero-order valence-electron chi connectivity index (χ0n) is 10.4. The molecule has 2 aromatic rings. The van der Waals surface area contributed by atoms with E-state index in [1.54, 1.807) is 7.11 Å². The van der Waals surface area contributed by atoms with Crippen LogP contribution in [0.1, 0.15) is 12.6 Å². The maximum atomic E-state index is 9.78. The fraction of sp³-hybridized carbons (Fsp3) is 0.500. The summed E-state index contributed by atoms with van der Waals surface area (Å²) in [5.74, 6) is 0.501. The Morgan fingerprint density at radius 3 is 3.05 bits per heavy atom. The first-order chi connectivity index (χ1) is 9.24. The summed E-state index contributed by atoms with van der Waals surface area (Å²) in [6, 6.07) is 1.84. The van der Waals surface area contributed by atoms with E-state index in [0.29, 0.717) is 17.9 Å². The van der Waals surface area contributed by atoms with Gasteiger partial charge in [0.1, 0.15) is 24.3 Å². The Morgan fingerprint density at radius 2 is 2.37 bits per heavy atom. The molecule has 1 fully saturated rings. The molecule has 3 heterocycles. The summed E-state index contributed by atoms with van der Waals surface area (Å²) in [6.45, 7) is -0.199. The third-order valence-corrected chi connectivity index (χ3v) is 3.36. The Hall–Kier alpha value is -1.70. The van der Waals surface area contributed by atoms with Crippen molar-refractivity contribution in [1.29, 1.82) is 0 Å². The summed E-state index contributed by atoms with van der Waals surface area (Å²) in [4.78, 5) is 8.25. The Kier molecular flexibility index (Phi) is 3.09. The summed E-state index contributed by atoms with van der Waals surface area (Å²) < 4.78 is 12.6. The van der Waals surface area contributed by atoms with Crippen molar-refractivity contribution in [3.8, 4) is 5.88 Å². The quantitative estimate of drug-likeness (QED) is 0.817. The van der Waals surface area contributed by atoms with Gasteiger partial charge in [-0.2, -0.15) is 0 Å². The zero-order chi connectivity index (χ0) is 13.4. The predicted molar refractivity (Wildman–Crippen MR) is 65.7 cm³/mol. The highest BCUT2D eigenvalue weighted by Crippen LogP contribution is 2.32. The Balaban J connectivity index is 1.98. The number of aliphatic hydroxyl groups excluding tert-OH is 2. The van der Waals surface area contributed by atoms with Gasteiger partial charge in [0, 0.05) is 12.6 Å². The lowest BCUT2D eigenvalue weighted by atomic mass is 10.2. The molecule has 2 N–H and O–H groups in total. The number of aromatic nitrogens is 3. The van der Waals surface area contributed by atoms with E-state index in [9.17, 15) is 5.11 Å². The van der Waals surface area contributed by atoms with Crippen LogP contribution in [-0.4, -0.2) is 50.7 Å². The lowest BCUT2D eigenvalue weighted by Crippen LogP contribution is -2.24. The number of methoxy groups -OCH3 is 1. The normalized spacial score (nSPS) is 27.0. The highest BCUT2D eigenvalue weighted by molar-refractivity contribution is 5.81. The van der Waals surface area contributed by atoms with Crippen molar-refractivity contribution in [2.75, 3.05) is 13.7 Å². The highest BCUT2D eigenvalue weighted by atomic mass is 16.5. The number of nitrogens with zero attached hydrogens (tertiary/aromatic N) is 3. The molecule has 0 radical (unpaired) electrons. The van der Waals surface area contributed by atoms with Gasteiger partial charge in [-0.3, -0.25) is 0 Å². The summed E-state index contributed by atoms with van der Waals surface area (Å²) in [7, 11) is 1.55. The molecule has 0 aliphatic carbocycles. The van der Waals surface area contributed by atoms with Crippen LogP contribution in [0.25, 0.3) is 11.0 Å². The molecule has 0 unspecified atom stereocenters. The topological polar surface area (TPSA) is 89.6 Å². The molecule has 3 atom stereocenters. The summed E-state index contributed by atoms with van der Waals surface area (Å²) in [5.41, 5.74) is 0.683. The molecule has 7 heteroatoms. The van der Waals surface area contributed by atoms with Gasteiger partial charge in [-0.15, -0.1) is 0 Å². The molecular weight excluding hydrogens is 250 g/mol. The van der Waals surface area contributed by atoms with Gasteiger partial charge >= 0.3 is 0 Å². The average Bonchev–Trinajstić information content (AvgIpc) is 3.01. The van der Waals surface area contributed by atoms with Crippen molar-refractivity contribution in [1.82, 2.24) is 14.5 Å². The second-order valence-corrected chi connectivity index (χ2v) is 4.46. The molecule has 19 heavy (non-hydrogen) atoms. The molecule has 0 amide bonds. The molecule has 0 spiro atoms. The minimum absolute atomic E-state index is 0.199. The minimum atomic E-state index is -0.670. The molecule has 102 valence electrons. The molecule has 1 aliphatic heterocycles. The third-order valence-electron chi connectivity index (χ3n) is 3.36. The van der Waals surface area contributed by atoms with Crippen molar-refractivity contribution in [2.45, 2.75) is 24.9 Å². The molecule has 1 saturated heterocycles. The minimum Gasteiger partial charge on any atom is -0.480 e. The fourth-order valence-electron chi connectivity index (χ4n) is 2.39. The molecule has 3 rings (SSSR count). The van der Waals surface area contributed by atoms with Crippen LogP contribution in [0, 0.1) is 0 Å². The van der Waals surface area contributed by atoms with Crippen LogP contribution < -0.4 is 4.74 Å². The van der Waals surface area contributed by atoms with E-state index in [1.165, 1.54) is 6.33 Å². The smallest absolute Gasteiger partial charge is 0.225 e. The maximum Gasteiger partial charge on any atom is 0.225 e. The van der Waals surface area contributed by atoms with Crippen molar-refractivity contribution in [3.63, 3.8) is 0 Å². The van der Waals surface area contributed by atoms with E-state index in [4.69, 9.17) is 14.6 Å². The molecule has 7 nitrogen and oxygen atoms in total. The average molecular weight is 265 g/mol. The number of rotatable bonds is 3. The van der Waals surface area contributed by atoms with Crippen LogP contribution >= 0.6 is 0 Å². The number of hydrogen-bond donors (Lipinski definition) is 2. The van der Waals surface area contributed by atoms with E-state index in [2.05, 4.69) is 9.97 Å². The Labute approximate surface area is 109 Å². The summed E-state index contributed by atoms with van der Waals surface area (Å²) >= 11 is 0. The molecular formula is C12H15N3O4. The molecule has 2 aromatic heterocycles. The first kappa shape index (κ1) is 12.3. The molecule has 0 aromatic carbocycles. The Morgan fingerprint density at radius 1 is 1.53 bits per heavy atom. The maximum absolute atomic E-state index is 9.78. The second kappa shape index (κ2) is 4.76. The lowest BCUT2D eigenvalue weighted by molar-refractivity contribution is -0.0430. The van der Waals surface area contributed by atoms with Crippen molar-refractivity contribution < 1.29 is 19.7 Å². The number of hydrogen-bond acceptors (Lipinski definition) is 6. The zero-order valence-corrected chi connectivity index (χ0v) is 10.4. The van der Waals surface area contributed by atoms with Gasteiger partial charge in [-0.05, 0) is 6.07 Å². The van der Waals surface area contributed by atoms with Gasteiger partial charge in [-0.25, -0.2) is 9.97 Å². The van der Waals surface area contributed by atoms with Gasteiger partial charge < -0.3 is 24.3 Å². The van der Waals surface area contributed by atoms with E-state index < -0.39 is 12.2 Å². The van der Waals surface area contributed by atoms with Gasteiger partial charge in [0.25, 0.3) is 0 Å². The number of ether oxygens (including phenoxy) is 2. The van der Waals surface area contributed by atoms with Crippen LogP contribution in [0.3, 0.4) is 0 Å². The Bertz CT molecular complexity index is 585.